The van der Waals surface area contributed by atoms with Crippen LogP contribution >= 0.6 is 0 Å². The van der Waals surface area contributed by atoms with E-state index in [1.165, 1.54) is 43.9 Å². The normalized spacial score (nSPS) is 23.2. The van der Waals surface area contributed by atoms with Crippen molar-refractivity contribution in [2.75, 3.05) is 45.5 Å². The van der Waals surface area contributed by atoms with Crippen molar-refractivity contribution in [2.45, 2.75) is 57.4 Å². The van der Waals surface area contributed by atoms with Crippen molar-refractivity contribution in [3.8, 4) is 0 Å². The zero-order valence-electron chi connectivity index (χ0n) is 18.8. The van der Waals surface area contributed by atoms with Gasteiger partial charge in [0, 0.05) is 50.9 Å². The highest BCUT2D eigenvalue weighted by Crippen LogP contribution is 2.25. The Kier molecular flexibility index (Phi) is 7.34. The predicted molar refractivity (Wildman–Crippen MR) is 124 cm³/mol. The van der Waals surface area contributed by atoms with E-state index in [4.69, 9.17) is 0 Å². The predicted octanol–water partition coefficient (Wildman–Crippen LogP) is 2.99. The third-order valence-corrected chi connectivity index (χ3v) is 8.76. The van der Waals surface area contributed by atoms with Gasteiger partial charge in [0.25, 0.3) is 5.91 Å². The largest absolute Gasteiger partial charge is 0.336 e. The summed E-state index contributed by atoms with van der Waals surface area (Å²) in [4.78, 5) is 17.6. The molecule has 0 aromatic heterocycles. The number of carbonyl (C=O) groups is 1. The molecule has 2 heterocycles. The Labute approximate surface area is 187 Å². The first-order valence-corrected chi connectivity index (χ1v) is 13.8. The number of rotatable bonds is 5. The Balaban J connectivity index is 1.25. The number of benzene rings is 1. The zero-order valence-corrected chi connectivity index (χ0v) is 19.7. The van der Waals surface area contributed by atoms with E-state index in [2.05, 4.69) is 17.0 Å². The maximum Gasteiger partial charge on any atom is 0.253 e. The van der Waals surface area contributed by atoms with Crippen LogP contribution in [0.2, 0.25) is 0 Å². The SMILES string of the molecule is CS(=O)(=O)N1CCC(Cc2ccc(C(=O)N3CCN(C4CCCCC4)CC3)cc2)CC1. The van der Waals surface area contributed by atoms with Crippen molar-refractivity contribution < 1.29 is 13.2 Å². The molecular formula is C24H37N3O3S. The molecule has 2 saturated heterocycles. The van der Waals surface area contributed by atoms with Crippen LogP contribution in [-0.2, 0) is 16.4 Å². The molecule has 2 aliphatic heterocycles. The molecule has 0 bridgehead atoms. The lowest BCUT2D eigenvalue weighted by atomic mass is 9.90. The van der Waals surface area contributed by atoms with Crippen molar-refractivity contribution in [1.29, 1.82) is 0 Å². The van der Waals surface area contributed by atoms with Gasteiger partial charge in [0.05, 0.1) is 6.26 Å². The maximum absolute atomic E-state index is 13.0. The molecule has 6 nitrogen and oxygen atoms in total. The van der Waals surface area contributed by atoms with Gasteiger partial charge in [0.1, 0.15) is 0 Å². The third-order valence-electron chi connectivity index (χ3n) is 7.46. The molecule has 1 aromatic rings. The van der Waals surface area contributed by atoms with E-state index in [9.17, 15) is 13.2 Å². The molecule has 1 saturated carbocycles. The average Bonchev–Trinajstić information content (AvgIpc) is 2.80. The van der Waals surface area contributed by atoms with Crippen molar-refractivity contribution in [3.05, 3.63) is 35.4 Å². The Morgan fingerprint density at radius 3 is 2.06 bits per heavy atom. The minimum Gasteiger partial charge on any atom is -0.336 e. The number of nitrogens with zero attached hydrogens (tertiary/aromatic N) is 3. The zero-order chi connectivity index (χ0) is 21.8. The lowest BCUT2D eigenvalue weighted by Crippen LogP contribution is -2.52. The average molecular weight is 448 g/mol. The quantitative estimate of drug-likeness (QED) is 0.696. The highest BCUT2D eigenvalue weighted by Gasteiger charge is 2.28. The summed E-state index contributed by atoms with van der Waals surface area (Å²) in [5, 5.41) is 0. The standard InChI is InChI=1S/C24H37N3O3S/c1-31(29,30)27-13-11-21(12-14-27)19-20-7-9-22(10-8-20)24(28)26-17-15-25(16-18-26)23-5-3-2-4-6-23/h7-10,21,23H,2-6,11-19H2,1H3. The molecular weight excluding hydrogens is 410 g/mol. The number of carbonyl (C=O) groups excluding carboxylic acids is 1. The summed E-state index contributed by atoms with van der Waals surface area (Å²) in [6, 6.07) is 8.82. The van der Waals surface area contributed by atoms with E-state index in [-0.39, 0.29) is 5.91 Å². The molecule has 31 heavy (non-hydrogen) atoms. The lowest BCUT2D eigenvalue weighted by molar-refractivity contribution is 0.0523. The van der Waals surface area contributed by atoms with Gasteiger partial charge < -0.3 is 4.90 Å². The molecule has 4 rings (SSSR count). The van der Waals surface area contributed by atoms with Gasteiger partial charge in [0.15, 0.2) is 0 Å². The molecule has 1 aliphatic carbocycles. The number of hydrogen-bond donors (Lipinski definition) is 0. The van der Waals surface area contributed by atoms with Crippen LogP contribution in [0.1, 0.15) is 60.9 Å². The minimum absolute atomic E-state index is 0.149. The Hall–Kier alpha value is -1.44. The lowest BCUT2D eigenvalue weighted by Gasteiger charge is -2.40. The molecule has 3 aliphatic rings. The summed E-state index contributed by atoms with van der Waals surface area (Å²) >= 11 is 0. The molecule has 1 aromatic carbocycles. The molecule has 0 N–H and O–H groups in total. The first-order chi connectivity index (χ1) is 14.9. The van der Waals surface area contributed by atoms with Gasteiger partial charge in [0.2, 0.25) is 10.0 Å². The first-order valence-electron chi connectivity index (χ1n) is 12.0. The molecule has 7 heteroatoms. The Bertz CT molecular complexity index is 833. The molecule has 172 valence electrons. The summed E-state index contributed by atoms with van der Waals surface area (Å²) in [6.45, 7) is 4.90. The van der Waals surface area contributed by atoms with Gasteiger partial charge in [-0.25, -0.2) is 12.7 Å². The van der Waals surface area contributed by atoms with Gasteiger partial charge in [-0.05, 0) is 55.7 Å². The number of amides is 1. The van der Waals surface area contributed by atoms with Crippen LogP contribution < -0.4 is 0 Å². The monoisotopic (exact) mass is 447 g/mol. The van der Waals surface area contributed by atoms with Gasteiger partial charge in [-0.1, -0.05) is 31.4 Å². The van der Waals surface area contributed by atoms with Crippen molar-refractivity contribution in [2.24, 2.45) is 5.92 Å². The molecule has 1 amide bonds. The first kappa shape index (κ1) is 22.7. The molecule has 0 radical (unpaired) electrons. The summed E-state index contributed by atoms with van der Waals surface area (Å²) in [5.74, 6) is 0.656. The van der Waals surface area contributed by atoms with E-state index in [0.29, 0.717) is 19.0 Å². The molecule has 0 unspecified atom stereocenters. The number of piperazine rings is 1. The number of hydrogen-bond acceptors (Lipinski definition) is 4. The van der Waals surface area contributed by atoms with Crippen LogP contribution in [0.25, 0.3) is 0 Å². The van der Waals surface area contributed by atoms with Crippen molar-refractivity contribution in [1.82, 2.24) is 14.1 Å². The Morgan fingerprint density at radius 1 is 0.871 bits per heavy atom. The number of sulfonamides is 1. The van der Waals surface area contributed by atoms with E-state index in [0.717, 1.165) is 57.0 Å². The summed E-state index contributed by atoms with van der Waals surface area (Å²) in [5.41, 5.74) is 2.01. The second-order valence-electron chi connectivity index (χ2n) is 9.63. The van der Waals surface area contributed by atoms with Gasteiger partial charge in [-0.15, -0.1) is 0 Å². The van der Waals surface area contributed by atoms with Gasteiger partial charge >= 0.3 is 0 Å². The van der Waals surface area contributed by atoms with Crippen molar-refractivity contribution >= 4 is 15.9 Å². The van der Waals surface area contributed by atoms with Crippen LogP contribution in [0.5, 0.6) is 0 Å². The summed E-state index contributed by atoms with van der Waals surface area (Å²) < 4.78 is 24.9. The van der Waals surface area contributed by atoms with E-state index < -0.39 is 10.0 Å². The van der Waals surface area contributed by atoms with Gasteiger partial charge in [-0.2, -0.15) is 0 Å². The highest BCUT2D eigenvalue weighted by atomic mass is 32.2. The van der Waals surface area contributed by atoms with Crippen LogP contribution in [0.3, 0.4) is 0 Å². The summed E-state index contributed by atoms with van der Waals surface area (Å²) in [6.07, 6.45) is 10.8. The third kappa shape index (κ3) is 5.88. The summed E-state index contributed by atoms with van der Waals surface area (Å²) in [7, 11) is -3.07. The number of piperidine rings is 1. The van der Waals surface area contributed by atoms with Crippen LogP contribution in [0.15, 0.2) is 24.3 Å². The van der Waals surface area contributed by atoms with E-state index >= 15 is 0 Å². The molecule has 3 fully saturated rings. The fraction of sp³-hybridized carbons (Fsp3) is 0.708. The van der Waals surface area contributed by atoms with E-state index in [1.54, 1.807) is 4.31 Å². The fourth-order valence-corrected chi connectivity index (χ4v) is 6.35. The second-order valence-corrected chi connectivity index (χ2v) is 11.6. The van der Waals surface area contributed by atoms with Crippen LogP contribution in [0.4, 0.5) is 0 Å². The van der Waals surface area contributed by atoms with Crippen LogP contribution in [-0.4, -0.2) is 80.0 Å². The fourth-order valence-electron chi connectivity index (χ4n) is 5.48. The van der Waals surface area contributed by atoms with E-state index in [1.807, 2.05) is 17.0 Å². The van der Waals surface area contributed by atoms with Gasteiger partial charge in [-0.3, -0.25) is 9.69 Å². The highest BCUT2D eigenvalue weighted by molar-refractivity contribution is 7.88. The maximum atomic E-state index is 13.0. The van der Waals surface area contributed by atoms with Crippen molar-refractivity contribution in [3.63, 3.8) is 0 Å². The smallest absolute Gasteiger partial charge is 0.253 e. The minimum atomic E-state index is -3.07. The molecule has 0 atom stereocenters. The topological polar surface area (TPSA) is 60.9 Å². The van der Waals surface area contributed by atoms with Crippen LogP contribution in [0, 0.1) is 5.92 Å². The Morgan fingerprint density at radius 2 is 1.48 bits per heavy atom. The molecule has 0 spiro atoms. The second kappa shape index (κ2) is 10.0.